The number of carbonyl (C=O) groups is 2. The monoisotopic (exact) mass is 646 g/mol. The number of fused-ring (bicyclic) bond motifs is 3. The number of amides is 1. The molecular formula is C38H38N4O6. The highest BCUT2D eigenvalue weighted by Gasteiger charge is 2.68. The summed E-state index contributed by atoms with van der Waals surface area (Å²) in [6, 6.07) is 27.1. The number of anilines is 1. The molecule has 4 aromatic rings. The molecule has 1 amide bonds. The third-order valence-corrected chi connectivity index (χ3v) is 11.1. The predicted octanol–water partition coefficient (Wildman–Crippen LogP) is 7.15. The Bertz CT molecular complexity index is 1930. The normalized spacial score (nSPS) is 22.1. The van der Waals surface area contributed by atoms with E-state index in [9.17, 15) is 25.2 Å². The third-order valence-electron chi connectivity index (χ3n) is 11.1. The Morgan fingerprint density at radius 2 is 1.67 bits per heavy atom. The summed E-state index contributed by atoms with van der Waals surface area (Å²) in [6.07, 6.45) is 1.61. The molecule has 0 N–H and O–H groups in total. The second-order valence-electron chi connectivity index (χ2n) is 13.5. The first kappa shape index (κ1) is 32.6. The molecule has 48 heavy (non-hydrogen) atoms. The zero-order valence-corrected chi connectivity index (χ0v) is 27.5. The highest BCUT2D eigenvalue weighted by Crippen LogP contribution is 2.72. The average molecular weight is 647 g/mol. The summed E-state index contributed by atoms with van der Waals surface area (Å²) in [4.78, 5) is 43.3. The Morgan fingerprint density at radius 3 is 2.33 bits per heavy atom. The third kappa shape index (κ3) is 5.52. The molecule has 0 heterocycles. The van der Waals surface area contributed by atoms with Gasteiger partial charge in [0.2, 0.25) is 0 Å². The first-order valence-electron chi connectivity index (χ1n) is 16.1. The number of esters is 1. The van der Waals surface area contributed by atoms with Gasteiger partial charge in [0.05, 0.1) is 12.0 Å². The van der Waals surface area contributed by atoms with Crippen molar-refractivity contribution in [3.8, 4) is 5.75 Å². The lowest BCUT2D eigenvalue weighted by Crippen LogP contribution is -2.44. The van der Waals surface area contributed by atoms with Crippen LogP contribution >= 0.6 is 0 Å². The summed E-state index contributed by atoms with van der Waals surface area (Å²) < 4.78 is 11.6. The Morgan fingerprint density at radius 1 is 0.979 bits per heavy atom. The topological polar surface area (TPSA) is 135 Å². The maximum Gasteiger partial charge on any atom is 0.463 e. The Hall–Kier alpha value is -5.34. The van der Waals surface area contributed by atoms with Crippen LogP contribution in [-0.4, -0.2) is 47.1 Å². The standard InChI is InChI=1S/C38H38N4O6/c1-37(2)31-20-22-38(37,3)32(30-11-7-9-25-8-5-6-10-29(25)30)34(31)48-36(44)33(40-39)35(43)41(26-16-18-28(47-4)19-17-26)23-21-24-12-14-27(15-13-24)42(45)46/h5-19,31-32,34H,20-23H2,1-4H3/t31-,32+,34+,38-/m0/s1. The number of benzene rings is 4. The molecule has 0 radical (unpaired) electrons. The van der Waals surface area contributed by atoms with Gasteiger partial charge >= 0.3 is 17.6 Å². The quantitative estimate of drug-likeness (QED) is 0.0341. The summed E-state index contributed by atoms with van der Waals surface area (Å²) in [7, 11) is 1.53. The second-order valence-corrected chi connectivity index (χ2v) is 13.5. The number of nitrogens with zero attached hydrogens (tertiary/aromatic N) is 4. The van der Waals surface area contributed by atoms with Crippen LogP contribution in [-0.2, 0) is 20.7 Å². The maximum atomic E-state index is 14.1. The zero-order chi connectivity index (χ0) is 34.2. The Balaban J connectivity index is 1.31. The lowest BCUT2D eigenvalue weighted by molar-refractivity contribution is -0.384. The highest BCUT2D eigenvalue weighted by molar-refractivity contribution is 6.64. The van der Waals surface area contributed by atoms with Gasteiger partial charge in [0.1, 0.15) is 11.9 Å². The fourth-order valence-electron chi connectivity index (χ4n) is 8.09. The number of hydrogen-bond acceptors (Lipinski definition) is 6. The van der Waals surface area contributed by atoms with Gasteiger partial charge in [0.25, 0.3) is 5.69 Å². The number of ether oxygens (including phenoxy) is 2. The largest absolute Gasteiger partial charge is 0.497 e. The van der Waals surface area contributed by atoms with E-state index in [1.54, 1.807) is 36.4 Å². The molecule has 0 saturated heterocycles. The SMILES string of the molecule is COc1ccc(N(CCc2ccc([N+](=O)[O-])cc2)C(=O)C(=[N+]=[N-])C(=O)O[C@H]2[C@@H](c3cccc4ccccc34)[C@]3(C)CC[C@@H]2C3(C)C)cc1. The van der Waals surface area contributed by atoms with E-state index in [-0.39, 0.29) is 34.9 Å². The van der Waals surface area contributed by atoms with Gasteiger partial charge in [0, 0.05) is 36.2 Å². The summed E-state index contributed by atoms with van der Waals surface area (Å²) in [5, 5.41) is 13.3. The summed E-state index contributed by atoms with van der Waals surface area (Å²) in [5.41, 5.74) is 11.3. The van der Waals surface area contributed by atoms with E-state index < -0.39 is 28.6 Å². The van der Waals surface area contributed by atoms with Crippen LogP contribution in [0.1, 0.15) is 50.7 Å². The number of carbonyl (C=O) groups excluding carboxylic acids is 2. The van der Waals surface area contributed by atoms with Gasteiger partial charge < -0.3 is 19.9 Å². The van der Waals surface area contributed by atoms with Crippen LogP contribution in [0.25, 0.3) is 16.3 Å². The fourth-order valence-corrected chi connectivity index (χ4v) is 8.09. The van der Waals surface area contributed by atoms with Gasteiger partial charge in [-0.25, -0.2) is 4.79 Å². The molecule has 4 aromatic carbocycles. The van der Waals surface area contributed by atoms with Gasteiger partial charge in [-0.1, -0.05) is 75.4 Å². The van der Waals surface area contributed by atoms with E-state index in [4.69, 9.17) is 9.47 Å². The van der Waals surface area contributed by atoms with Crippen molar-refractivity contribution >= 4 is 39.7 Å². The number of nitro benzene ring substituents is 1. The maximum absolute atomic E-state index is 14.1. The lowest BCUT2D eigenvalue weighted by Gasteiger charge is -2.40. The minimum atomic E-state index is -0.987. The lowest BCUT2D eigenvalue weighted by atomic mass is 9.64. The first-order valence-corrected chi connectivity index (χ1v) is 16.1. The van der Waals surface area contributed by atoms with Crippen molar-refractivity contribution in [1.82, 2.24) is 0 Å². The van der Waals surface area contributed by atoms with Crippen molar-refractivity contribution in [3.63, 3.8) is 0 Å². The molecule has 0 unspecified atom stereocenters. The summed E-state index contributed by atoms with van der Waals surface area (Å²) >= 11 is 0. The predicted molar refractivity (Wildman–Crippen MR) is 182 cm³/mol. The average Bonchev–Trinajstić information content (AvgIpc) is 3.41. The van der Waals surface area contributed by atoms with Crippen LogP contribution in [0.15, 0.2) is 91.0 Å². The van der Waals surface area contributed by atoms with Crippen molar-refractivity contribution in [3.05, 3.63) is 118 Å². The van der Waals surface area contributed by atoms with Gasteiger partial charge in [-0.15, -0.1) is 0 Å². The van der Waals surface area contributed by atoms with E-state index in [1.807, 2.05) is 18.2 Å². The molecule has 10 heteroatoms. The highest BCUT2D eigenvalue weighted by atomic mass is 16.6. The fraction of sp³-hybridized carbons (Fsp3) is 0.342. The number of hydrogen-bond donors (Lipinski definition) is 0. The number of non-ortho nitro benzene ring substituents is 1. The van der Waals surface area contributed by atoms with Gasteiger partial charge in [-0.2, -0.15) is 4.79 Å². The summed E-state index contributed by atoms with van der Waals surface area (Å²) in [5.74, 6) is -1.35. The van der Waals surface area contributed by atoms with Gasteiger partial charge in [-0.05, 0) is 76.3 Å². The van der Waals surface area contributed by atoms with Crippen molar-refractivity contribution in [2.24, 2.45) is 16.7 Å². The van der Waals surface area contributed by atoms with Crippen LogP contribution in [0.2, 0.25) is 0 Å². The van der Waals surface area contributed by atoms with Crippen molar-refractivity contribution in [2.75, 3.05) is 18.6 Å². The molecule has 0 aromatic heterocycles. The number of nitro groups is 1. The smallest absolute Gasteiger partial charge is 0.463 e. The van der Waals surface area contributed by atoms with Gasteiger partial charge in [-0.3, -0.25) is 14.9 Å². The summed E-state index contributed by atoms with van der Waals surface area (Å²) in [6.45, 7) is 6.81. The molecule has 0 spiro atoms. The van der Waals surface area contributed by atoms with Gasteiger partial charge in [0.15, 0.2) is 0 Å². The minimum Gasteiger partial charge on any atom is -0.497 e. The van der Waals surface area contributed by atoms with E-state index >= 15 is 0 Å². The van der Waals surface area contributed by atoms with Crippen LogP contribution in [0.4, 0.5) is 11.4 Å². The molecule has 4 atom stereocenters. The molecule has 2 saturated carbocycles. The Labute approximate surface area is 279 Å². The van der Waals surface area contributed by atoms with Crippen LogP contribution in [0, 0.1) is 26.9 Å². The molecule has 0 aliphatic heterocycles. The van der Waals surface area contributed by atoms with Crippen molar-refractivity contribution in [1.29, 1.82) is 0 Å². The number of rotatable bonds is 10. The Kier molecular flexibility index (Phi) is 8.62. The van der Waals surface area contributed by atoms with Crippen LogP contribution in [0.3, 0.4) is 0 Å². The molecular weight excluding hydrogens is 608 g/mol. The van der Waals surface area contributed by atoms with Crippen LogP contribution in [0.5, 0.6) is 5.75 Å². The van der Waals surface area contributed by atoms with Crippen molar-refractivity contribution < 1.29 is 28.8 Å². The zero-order valence-electron chi connectivity index (χ0n) is 27.5. The van der Waals surface area contributed by atoms with E-state index in [1.165, 1.54) is 24.1 Å². The van der Waals surface area contributed by atoms with E-state index in [0.717, 1.165) is 34.7 Å². The molecule has 2 aliphatic carbocycles. The molecule has 2 aliphatic rings. The van der Waals surface area contributed by atoms with Crippen molar-refractivity contribution in [2.45, 2.75) is 52.1 Å². The van der Waals surface area contributed by atoms with Crippen LogP contribution < -0.4 is 9.64 Å². The number of methoxy groups -OCH3 is 1. The second kappa shape index (κ2) is 12.7. The molecule has 2 fully saturated rings. The van der Waals surface area contributed by atoms with E-state index in [2.05, 4.69) is 49.8 Å². The minimum absolute atomic E-state index is 0.0327. The molecule has 246 valence electrons. The molecule has 10 nitrogen and oxygen atoms in total. The molecule has 2 bridgehead atoms. The first-order chi connectivity index (χ1) is 23.0. The molecule has 6 rings (SSSR count). The van der Waals surface area contributed by atoms with E-state index in [0.29, 0.717) is 17.9 Å².